The van der Waals surface area contributed by atoms with E-state index in [2.05, 4.69) is 0 Å². The van der Waals surface area contributed by atoms with Crippen LogP contribution in [-0.4, -0.2) is 11.7 Å². The van der Waals surface area contributed by atoms with Crippen molar-refractivity contribution in [3.05, 3.63) is 40.7 Å². The zero-order chi connectivity index (χ0) is 8.97. The van der Waals surface area contributed by atoms with E-state index in [0.717, 1.165) is 0 Å². The monoisotopic (exact) mass is 186 g/mol. The average molecular weight is 187 g/mol. The van der Waals surface area contributed by atoms with Crippen molar-refractivity contribution >= 4 is 17.7 Å². The van der Waals surface area contributed by atoms with Gasteiger partial charge in [-0.1, -0.05) is 23.8 Å². The van der Waals surface area contributed by atoms with Crippen LogP contribution in [0.5, 0.6) is 0 Å². The van der Waals surface area contributed by atoms with E-state index in [1.54, 1.807) is 12.1 Å². The van der Waals surface area contributed by atoms with Crippen molar-refractivity contribution in [3.63, 3.8) is 0 Å². The van der Waals surface area contributed by atoms with Crippen molar-refractivity contribution < 1.29 is 9.50 Å². The minimum Gasteiger partial charge on any atom is -0.392 e. The first kappa shape index (κ1) is 9.23. The summed E-state index contributed by atoms with van der Waals surface area (Å²) in [7, 11) is 0. The molecule has 1 N–H and O–H groups in total. The van der Waals surface area contributed by atoms with Gasteiger partial charge in [0.15, 0.2) is 0 Å². The lowest BCUT2D eigenvalue weighted by Gasteiger charge is -1.95. The molecule has 1 aromatic rings. The van der Waals surface area contributed by atoms with Crippen molar-refractivity contribution in [3.8, 4) is 0 Å². The highest BCUT2D eigenvalue weighted by molar-refractivity contribution is 6.30. The summed E-state index contributed by atoms with van der Waals surface area (Å²) in [5.74, 6) is -0.375. The molecule has 12 heavy (non-hydrogen) atoms. The second-order valence-corrected chi connectivity index (χ2v) is 2.72. The van der Waals surface area contributed by atoms with E-state index < -0.39 is 0 Å². The molecule has 0 radical (unpaired) electrons. The Morgan fingerprint density at radius 2 is 2.17 bits per heavy atom. The van der Waals surface area contributed by atoms with E-state index in [9.17, 15) is 4.39 Å². The van der Waals surface area contributed by atoms with Crippen LogP contribution in [0.3, 0.4) is 0 Å². The van der Waals surface area contributed by atoms with E-state index in [0.29, 0.717) is 10.6 Å². The van der Waals surface area contributed by atoms with Crippen LogP contribution in [-0.2, 0) is 0 Å². The van der Waals surface area contributed by atoms with Gasteiger partial charge in [-0.2, -0.15) is 0 Å². The van der Waals surface area contributed by atoms with Crippen LogP contribution >= 0.6 is 11.6 Å². The highest BCUT2D eigenvalue weighted by Crippen LogP contribution is 2.14. The second kappa shape index (κ2) is 4.24. The third kappa shape index (κ3) is 2.64. The zero-order valence-electron chi connectivity index (χ0n) is 6.30. The molecule has 0 bridgehead atoms. The van der Waals surface area contributed by atoms with Gasteiger partial charge in [-0.15, -0.1) is 0 Å². The summed E-state index contributed by atoms with van der Waals surface area (Å²) in [6.45, 7) is -0.0614. The topological polar surface area (TPSA) is 20.2 Å². The third-order valence-corrected chi connectivity index (χ3v) is 1.52. The summed E-state index contributed by atoms with van der Waals surface area (Å²) < 4.78 is 12.7. The van der Waals surface area contributed by atoms with Crippen LogP contribution < -0.4 is 0 Å². The number of hydrogen-bond acceptors (Lipinski definition) is 1. The maximum absolute atomic E-state index is 12.7. The van der Waals surface area contributed by atoms with Gasteiger partial charge in [-0.05, 0) is 23.8 Å². The summed E-state index contributed by atoms with van der Waals surface area (Å²) in [5, 5.41) is 8.81. The third-order valence-electron chi connectivity index (χ3n) is 1.30. The molecule has 0 amide bonds. The first-order valence-electron chi connectivity index (χ1n) is 3.46. The van der Waals surface area contributed by atoms with Gasteiger partial charge in [0.05, 0.1) is 6.61 Å². The smallest absolute Gasteiger partial charge is 0.125 e. The quantitative estimate of drug-likeness (QED) is 0.753. The van der Waals surface area contributed by atoms with Crippen LogP contribution in [0.1, 0.15) is 5.56 Å². The lowest BCUT2D eigenvalue weighted by molar-refractivity contribution is 0.343. The second-order valence-electron chi connectivity index (χ2n) is 2.29. The summed E-state index contributed by atoms with van der Waals surface area (Å²) in [4.78, 5) is 0. The van der Waals surface area contributed by atoms with Crippen molar-refractivity contribution in [2.45, 2.75) is 0 Å². The molecule has 1 rings (SSSR count). The Kier molecular flexibility index (Phi) is 3.26. The maximum Gasteiger partial charge on any atom is 0.125 e. The minimum absolute atomic E-state index is 0.0614. The predicted octanol–water partition coefficient (Wildman–Crippen LogP) is 2.48. The van der Waals surface area contributed by atoms with Gasteiger partial charge in [0.25, 0.3) is 0 Å². The Morgan fingerprint density at radius 1 is 1.42 bits per heavy atom. The highest BCUT2D eigenvalue weighted by Gasteiger charge is 1.94. The predicted molar refractivity (Wildman–Crippen MR) is 47.5 cm³/mol. The Balaban J connectivity index is 2.93. The molecule has 1 aromatic carbocycles. The van der Waals surface area contributed by atoms with Gasteiger partial charge in [0.2, 0.25) is 0 Å². The summed E-state index contributed by atoms with van der Waals surface area (Å²) in [5.41, 5.74) is 0.647. The Morgan fingerprint density at radius 3 is 2.75 bits per heavy atom. The van der Waals surface area contributed by atoms with Crippen LogP contribution in [0.2, 0.25) is 5.02 Å². The molecule has 0 spiro atoms. The van der Waals surface area contributed by atoms with Crippen molar-refractivity contribution in [1.29, 1.82) is 0 Å². The maximum atomic E-state index is 12.7. The first-order chi connectivity index (χ1) is 5.72. The Labute approximate surface area is 75.1 Å². The van der Waals surface area contributed by atoms with Gasteiger partial charge in [-0.3, -0.25) is 0 Å². The van der Waals surface area contributed by atoms with Gasteiger partial charge in [0.1, 0.15) is 5.82 Å². The lowest BCUT2D eigenvalue weighted by Crippen LogP contribution is -1.78. The molecular weight excluding hydrogens is 179 g/mol. The van der Waals surface area contributed by atoms with E-state index in [-0.39, 0.29) is 12.4 Å². The summed E-state index contributed by atoms with van der Waals surface area (Å²) >= 11 is 5.59. The summed E-state index contributed by atoms with van der Waals surface area (Å²) in [6.07, 6.45) is 3.13. The Hall–Kier alpha value is -0.860. The molecule has 0 saturated heterocycles. The van der Waals surface area contributed by atoms with Crippen LogP contribution in [0.15, 0.2) is 24.3 Å². The minimum atomic E-state index is -0.375. The average Bonchev–Trinajstić information content (AvgIpc) is 1.99. The fourth-order valence-corrected chi connectivity index (χ4v) is 1.09. The van der Waals surface area contributed by atoms with E-state index in [1.807, 2.05) is 0 Å². The Bertz CT molecular complexity index is 276. The van der Waals surface area contributed by atoms with Crippen LogP contribution in [0, 0.1) is 5.82 Å². The molecular formula is C9H8ClFO. The van der Waals surface area contributed by atoms with Crippen molar-refractivity contribution in [2.75, 3.05) is 6.61 Å². The van der Waals surface area contributed by atoms with E-state index >= 15 is 0 Å². The number of aliphatic hydroxyl groups is 1. The number of rotatable bonds is 2. The summed E-state index contributed by atoms with van der Waals surface area (Å²) in [6, 6.07) is 4.20. The van der Waals surface area contributed by atoms with E-state index in [1.165, 1.54) is 18.2 Å². The van der Waals surface area contributed by atoms with Crippen molar-refractivity contribution in [2.24, 2.45) is 0 Å². The lowest BCUT2D eigenvalue weighted by atomic mass is 10.2. The molecule has 0 aliphatic rings. The van der Waals surface area contributed by atoms with E-state index in [4.69, 9.17) is 16.7 Å². The molecule has 0 saturated carbocycles. The highest BCUT2D eigenvalue weighted by atomic mass is 35.5. The van der Waals surface area contributed by atoms with Gasteiger partial charge in [-0.25, -0.2) is 4.39 Å². The molecule has 3 heteroatoms. The molecule has 0 heterocycles. The molecule has 0 aliphatic carbocycles. The van der Waals surface area contributed by atoms with Gasteiger partial charge >= 0.3 is 0 Å². The normalized spacial score (nSPS) is 10.9. The molecule has 64 valence electrons. The van der Waals surface area contributed by atoms with Gasteiger partial charge in [0, 0.05) is 5.02 Å². The standard InChI is InChI=1S/C9H8ClFO/c10-8-4-7(2-1-3-12)5-9(11)6-8/h1-2,4-6,12H,3H2. The largest absolute Gasteiger partial charge is 0.392 e. The van der Waals surface area contributed by atoms with Crippen LogP contribution in [0.25, 0.3) is 6.08 Å². The SMILES string of the molecule is OCC=Cc1cc(F)cc(Cl)c1. The number of benzene rings is 1. The molecule has 0 fully saturated rings. The van der Waals surface area contributed by atoms with Gasteiger partial charge < -0.3 is 5.11 Å². The first-order valence-corrected chi connectivity index (χ1v) is 3.83. The number of halogens is 2. The van der Waals surface area contributed by atoms with Crippen LogP contribution in [0.4, 0.5) is 4.39 Å². The zero-order valence-corrected chi connectivity index (χ0v) is 7.05. The molecule has 0 unspecified atom stereocenters. The molecule has 0 aliphatic heterocycles. The van der Waals surface area contributed by atoms with Crippen molar-refractivity contribution in [1.82, 2.24) is 0 Å². The molecule has 1 nitrogen and oxygen atoms in total. The number of hydrogen-bond donors (Lipinski definition) is 1. The fourth-order valence-electron chi connectivity index (χ4n) is 0.860. The fraction of sp³-hybridized carbons (Fsp3) is 0.111. The molecule has 0 aromatic heterocycles. The molecule has 0 atom stereocenters. The number of aliphatic hydroxyl groups excluding tert-OH is 1.